The third-order valence-corrected chi connectivity index (χ3v) is 4.48. The van der Waals surface area contributed by atoms with Crippen molar-refractivity contribution in [3.05, 3.63) is 71.4 Å². The van der Waals surface area contributed by atoms with E-state index in [9.17, 15) is 8.78 Å². The first-order valence-electron chi connectivity index (χ1n) is 8.89. The highest BCUT2D eigenvalue weighted by Crippen LogP contribution is 2.28. The highest BCUT2D eigenvalue weighted by molar-refractivity contribution is 5.66. The van der Waals surface area contributed by atoms with E-state index >= 15 is 0 Å². The van der Waals surface area contributed by atoms with Gasteiger partial charge in [-0.25, -0.2) is 13.5 Å². The zero-order valence-electron chi connectivity index (χ0n) is 15.5. The van der Waals surface area contributed by atoms with E-state index in [1.54, 1.807) is 6.20 Å². The van der Waals surface area contributed by atoms with E-state index < -0.39 is 11.6 Å². The number of benzene rings is 2. The van der Waals surface area contributed by atoms with Gasteiger partial charge in [0.2, 0.25) is 0 Å². The minimum absolute atomic E-state index is 0.134. The summed E-state index contributed by atoms with van der Waals surface area (Å²) in [5, 5.41) is 13.7. The topological polar surface area (TPSA) is 41.3 Å². The van der Waals surface area contributed by atoms with Crippen LogP contribution in [-0.4, -0.2) is 40.0 Å². The van der Waals surface area contributed by atoms with Crippen LogP contribution in [0.3, 0.4) is 0 Å². The van der Waals surface area contributed by atoms with E-state index in [0.717, 1.165) is 35.0 Å². The van der Waals surface area contributed by atoms with Crippen LogP contribution < -0.4 is 0 Å². The molecule has 0 aliphatic heterocycles. The molecule has 0 spiro atoms. The van der Waals surface area contributed by atoms with Crippen molar-refractivity contribution in [3.63, 3.8) is 0 Å². The van der Waals surface area contributed by atoms with Gasteiger partial charge in [0.05, 0.1) is 5.69 Å². The van der Waals surface area contributed by atoms with Crippen molar-refractivity contribution in [1.29, 1.82) is 0 Å². The van der Waals surface area contributed by atoms with Gasteiger partial charge < -0.3 is 10.0 Å². The highest BCUT2D eigenvalue weighted by atomic mass is 19.1. The molecule has 27 heavy (non-hydrogen) atoms. The number of hydrogen-bond acceptors (Lipinski definition) is 3. The second-order valence-corrected chi connectivity index (χ2v) is 6.67. The second kappa shape index (κ2) is 8.41. The van der Waals surface area contributed by atoms with Gasteiger partial charge in [-0.2, -0.15) is 5.10 Å². The molecule has 0 saturated heterocycles. The third kappa shape index (κ3) is 4.40. The number of halogens is 2. The highest BCUT2D eigenvalue weighted by Gasteiger charge is 2.17. The van der Waals surface area contributed by atoms with Gasteiger partial charge >= 0.3 is 0 Å². The first-order valence-corrected chi connectivity index (χ1v) is 8.89. The molecule has 3 rings (SSSR count). The number of aliphatic hydroxyl groups is 1. The van der Waals surface area contributed by atoms with Crippen molar-refractivity contribution in [3.8, 4) is 16.9 Å². The molecule has 0 radical (unpaired) electrons. The molecule has 0 saturated carbocycles. The first-order chi connectivity index (χ1) is 13.0. The van der Waals surface area contributed by atoms with Gasteiger partial charge in [0.1, 0.15) is 11.5 Å². The summed E-state index contributed by atoms with van der Waals surface area (Å²) in [6.45, 7) is 3.48. The van der Waals surface area contributed by atoms with Crippen molar-refractivity contribution in [2.24, 2.45) is 0 Å². The largest absolute Gasteiger partial charge is 0.396 e. The van der Waals surface area contributed by atoms with E-state index in [1.807, 2.05) is 38.2 Å². The van der Waals surface area contributed by atoms with E-state index in [-0.39, 0.29) is 12.3 Å². The van der Waals surface area contributed by atoms with Crippen molar-refractivity contribution in [2.75, 3.05) is 20.2 Å². The molecule has 0 aliphatic carbocycles. The summed E-state index contributed by atoms with van der Waals surface area (Å²) in [5.74, 6) is -1.28. The fraction of sp³-hybridized carbons (Fsp3) is 0.286. The Morgan fingerprint density at radius 1 is 1.15 bits per heavy atom. The van der Waals surface area contributed by atoms with Gasteiger partial charge in [-0.1, -0.05) is 24.3 Å². The van der Waals surface area contributed by atoms with E-state index in [4.69, 9.17) is 5.11 Å². The Kier molecular flexibility index (Phi) is 5.98. The predicted molar refractivity (Wildman–Crippen MR) is 102 cm³/mol. The number of hydrogen-bond donors (Lipinski definition) is 1. The van der Waals surface area contributed by atoms with Crippen LogP contribution in [0.25, 0.3) is 16.9 Å². The molecule has 1 heterocycles. The summed E-state index contributed by atoms with van der Waals surface area (Å²) in [4.78, 5) is 2.08. The van der Waals surface area contributed by atoms with Crippen LogP contribution in [0.1, 0.15) is 17.5 Å². The van der Waals surface area contributed by atoms with E-state index in [2.05, 4.69) is 10.00 Å². The SMILES string of the molecule is Cc1ccccc1-c1nn(-c2ccc(F)cc2F)cc1CN(C)CCCO. The standard InChI is InChI=1S/C21H23F2N3O/c1-15-6-3-4-7-18(15)21-16(13-25(2)10-5-11-27)14-26(24-21)20-9-8-17(22)12-19(20)23/h3-4,6-9,12,14,27H,5,10-11,13H2,1-2H3. The third-order valence-electron chi connectivity index (χ3n) is 4.48. The fourth-order valence-electron chi connectivity index (χ4n) is 3.09. The Hall–Kier alpha value is -2.57. The van der Waals surface area contributed by atoms with Crippen LogP contribution in [-0.2, 0) is 6.54 Å². The van der Waals surface area contributed by atoms with Crippen LogP contribution in [0.2, 0.25) is 0 Å². The molecular weight excluding hydrogens is 348 g/mol. The summed E-state index contributed by atoms with van der Waals surface area (Å²) in [6.07, 6.45) is 2.46. The number of aliphatic hydroxyl groups excluding tert-OH is 1. The molecule has 0 aliphatic rings. The van der Waals surface area contributed by atoms with Crippen LogP contribution in [0.5, 0.6) is 0 Å². The van der Waals surface area contributed by atoms with Crippen LogP contribution >= 0.6 is 0 Å². The number of nitrogens with zero attached hydrogens (tertiary/aromatic N) is 3. The molecule has 0 amide bonds. The van der Waals surface area contributed by atoms with E-state index in [0.29, 0.717) is 13.0 Å². The van der Waals surface area contributed by atoms with Crippen molar-refractivity contribution in [2.45, 2.75) is 19.9 Å². The number of rotatable bonds is 7. The lowest BCUT2D eigenvalue weighted by Gasteiger charge is -2.16. The van der Waals surface area contributed by atoms with E-state index in [1.165, 1.54) is 16.8 Å². The Labute approximate surface area is 157 Å². The smallest absolute Gasteiger partial charge is 0.151 e. The molecule has 4 nitrogen and oxygen atoms in total. The van der Waals surface area contributed by atoms with Gasteiger partial charge in [-0.05, 0) is 38.1 Å². The zero-order chi connectivity index (χ0) is 19.4. The lowest BCUT2D eigenvalue weighted by molar-refractivity contribution is 0.244. The molecule has 0 atom stereocenters. The lowest BCUT2D eigenvalue weighted by Crippen LogP contribution is -2.20. The van der Waals surface area contributed by atoms with Gasteiger partial charge in [0.15, 0.2) is 5.82 Å². The Morgan fingerprint density at radius 2 is 1.93 bits per heavy atom. The van der Waals surface area contributed by atoms with Gasteiger partial charge in [0.25, 0.3) is 0 Å². The summed E-state index contributed by atoms with van der Waals surface area (Å²) in [6, 6.07) is 11.4. The monoisotopic (exact) mass is 371 g/mol. The van der Waals surface area contributed by atoms with Crippen LogP contribution in [0, 0.1) is 18.6 Å². The van der Waals surface area contributed by atoms with Crippen molar-refractivity contribution in [1.82, 2.24) is 14.7 Å². The molecule has 3 aromatic rings. The molecule has 0 fully saturated rings. The average Bonchev–Trinajstić information content (AvgIpc) is 3.03. The van der Waals surface area contributed by atoms with Crippen molar-refractivity contribution >= 4 is 0 Å². The summed E-state index contributed by atoms with van der Waals surface area (Å²) >= 11 is 0. The molecule has 1 aromatic heterocycles. The van der Waals surface area contributed by atoms with Crippen LogP contribution in [0.15, 0.2) is 48.7 Å². The Balaban J connectivity index is 2.04. The number of aryl methyl sites for hydroxylation is 1. The molecule has 2 aromatic carbocycles. The molecule has 1 N–H and O–H groups in total. The Bertz CT molecular complexity index is 924. The lowest BCUT2D eigenvalue weighted by atomic mass is 10.0. The maximum atomic E-state index is 14.2. The molecular formula is C21H23F2N3O. The molecule has 142 valence electrons. The fourth-order valence-corrected chi connectivity index (χ4v) is 3.09. The summed E-state index contributed by atoms with van der Waals surface area (Å²) in [7, 11) is 1.97. The minimum atomic E-state index is -0.658. The molecule has 6 heteroatoms. The van der Waals surface area contributed by atoms with Gasteiger partial charge in [-0.3, -0.25) is 0 Å². The van der Waals surface area contributed by atoms with Gasteiger partial charge in [-0.15, -0.1) is 0 Å². The predicted octanol–water partition coefficient (Wildman–Crippen LogP) is 3.94. The zero-order valence-corrected chi connectivity index (χ0v) is 15.5. The second-order valence-electron chi connectivity index (χ2n) is 6.67. The molecule has 0 bridgehead atoms. The first kappa shape index (κ1) is 19.2. The number of aromatic nitrogens is 2. The van der Waals surface area contributed by atoms with Gasteiger partial charge in [0, 0.05) is 43.1 Å². The van der Waals surface area contributed by atoms with Crippen LogP contribution in [0.4, 0.5) is 8.78 Å². The van der Waals surface area contributed by atoms with Crippen molar-refractivity contribution < 1.29 is 13.9 Å². The minimum Gasteiger partial charge on any atom is -0.396 e. The quantitative estimate of drug-likeness (QED) is 0.684. The maximum Gasteiger partial charge on any atom is 0.151 e. The normalized spacial score (nSPS) is 11.3. The molecule has 0 unspecified atom stereocenters. The summed E-state index contributed by atoms with van der Waals surface area (Å²) < 4.78 is 29.0. The maximum absolute atomic E-state index is 14.2. The average molecular weight is 371 g/mol. The Morgan fingerprint density at radius 3 is 2.63 bits per heavy atom. The summed E-state index contributed by atoms with van der Waals surface area (Å²) in [5.41, 5.74) is 3.96.